The van der Waals surface area contributed by atoms with Crippen LogP contribution in [0, 0.1) is 0 Å². The lowest BCUT2D eigenvalue weighted by Crippen LogP contribution is -2.30. The van der Waals surface area contributed by atoms with E-state index in [1.54, 1.807) is 0 Å². The molecule has 12 heavy (non-hydrogen) atoms. The van der Waals surface area contributed by atoms with Gasteiger partial charge in [0.25, 0.3) is 5.91 Å². The Morgan fingerprint density at radius 3 is 2.67 bits per heavy atom. The highest BCUT2D eigenvalue weighted by atomic mass is 16.7. The first-order chi connectivity index (χ1) is 5.76. The third-order valence-electron chi connectivity index (χ3n) is 1.42. The molecular formula is C9H17NO2. The second kappa shape index (κ2) is 6.85. The fourth-order valence-electron chi connectivity index (χ4n) is 0.798. The zero-order valence-corrected chi connectivity index (χ0v) is 7.88. The van der Waals surface area contributed by atoms with Crippen LogP contribution in [0.15, 0.2) is 12.7 Å². The van der Waals surface area contributed by atoms with E-state index in [0.717, 1.165) is 12.8 Å². The molecule has 0 aliphatic heterocycles. The number of nitrogens with zero attached hydrogens (tertiary/aromatic N) is 1. The first-order valence-electron chi connectivity index (χ1n) is 4.33. The molecule has 0 radical (unpaired) electrons. The maximum absolute atomic E-state index is 11.1. The van der Waals surface area contributed by atoms with Crippen molar-refractivity contribution in [2.24, 2.45) is 0 Å². The monoisotopic (exact) mass is 171 g/mol. The minimum Gasteiger partial charge on any atom is -0.271 e. The normalized spacial score (nSPS) is 9.50. The van der Waals surface area contributed by atoms with E-state index < -0.39 is 0 Å². The Bertz CT molecular complexity index is 145. The molecule has 1 amide bonds. The number of carbonyl (C=O) groups excluding carboxylic acids is 1. The predicted molar refractivity (Wildman–Crippen MR) is 48.4 cm³/mol. The quantitative estimate of drug-likeness (QED) is 0.450. The van der Waals surface area contributed by atoms with Crippen molar-refractivity contribution < 1.29 is 9.63 Å². The molecular weight excluding hydrogens is 154 g/mol. The van der Waals surface area contributed by atoms with Crippen LogP contribution in [-0.4, -0.2) is 24.1 Å². The maximum Gasteiger partial charge on any atom is 0.269 e. The molecule has 0 heterocycles. The van der Waals surface area contributed by atoms with Crippen LogP contribution in [0.25, 0.3) is 0 Å². The third kappa shape index (κ3) is 4.13. The number of unbranched alkanes of at least 4 members (excludes halogenated alkanes) is 1. The zero-order valence-electron chi connectivity index (χ0n) is 7.88. The Morgan fingerprint density at radius 2 is 2.25 bits per heavy atom. The average Bonchev–Trinajstić information content (AvgIpc) is 2.11. The van der Waals surface area contributed by atoms with Crippen LogP contribution in [0.3, 0.4) is 0 Å². The molecule has 0 saturated carbocycles. The second-order valence-electron chi connectivity index (χ2n) is 2.42. The van der Waals surface area contributed by atoms with Gasteiger partial charge in [-0.2, -0.15) is 0 Å². The SMILES string of the molecule is C=CC(=O)N(CCCC)OCC. The van der Waals surface area contributed by atoms with Crippen molar-refractivity contribution in [1.29, 1.82) is 0 Å². The van der Waals surface area contributed by atoms with E-state index in [2.05, 4.69) is 13.5 Å². The van der Waals surface area contributed by atoms with Crippen LogP contribution in [0.1, 0.15) is 26.7 Å². The smallest absolute Gasteiger partial charge is 0.269 e. The van der Waals surface area contributed by atoms with Crippen LogP contribution in [0.2, 0.25) is 0 Å². The van der Waals surface area contributed by atoms with Gasteiger partial charge in [-0.1, -0.05) is 19.9 Å². The summed E-state index contributed by atoms with van der Waals surface area (Å²) in [5.74, 6) is -0.162. The van der Waals surface area contributed by atoms with Gasteiger partial charge in [-0.15, -0.1) is 0 Å². The molecule has 0 aromatic rings. The number of hydrogen-bond donors (Lipinski definition) is 0. The molecule has 0 saturated heterocycles. The van der Waals surface area contributed by atoms with Crippen molar-refractivity contribution in [3.8, 4) is 0 Å². The lowest BCUT2D eigenvalue weighted by atomic mass is 10.3. The van der Waals surface area contributed by atoms with Gasteiger partial charge in [0.1, 0.15) is 0 Å². The van der Waals surface area contributed by atoms with Crippen LogP contribution < -0.4 is 0 Å². The molecule has 0 bridgehead atoms. The Kier molecular flexibility index (Phi) is 6.38. The summed E-state index contributed by atoms with van der Waals surface area (Å²) < 4.78 is 0. The standard InChI is InChI=1S/C9H17NO2/c1-4-7-8-10(12-6-3)9(11)5-2/h5H,2,4,6-8H2,1,3H3. The average molecular weight is 171 g/mol. The van der Waals surface area contributed by atoms with Gasteiger partial charge in [0.05, 0.1) is 6.61 Å². The van der Waals surface area contributed by atoms with Crippen molar-refractivity contribution in [2.45, 2.75) is 26.7 Å². The van der Waals surface area contributed by atoms with Gasteiger partial charge in [-0.25, -0.2) is 5.06 Å². The first kappa shape index (κ1) is 11.2. The lowest BCUT2D eigenvalue weighted by Gasteiger charge is -2.18. The fraction of sp³-hybridized carbons (Fsp3) is 0.667. The van der Waals surface area contributed by atoms with Gasteiger partial charge in [0, 0.05) is 6.54 Å². The minimum absolute atomic E-state index is 0.162. The molecule has 0 aromatic carbocycles. The zero-order chi connectivity index (χ0) is 9.40. The summed E-state index contributed by atoms with van der Waals surface area (Å²) in [6.45, 7) is 8.49. The summed E-state index contributed by atoms with van der Waals surface area (Å²) >= 11 is 0. The van der Waals surface area contributed by atoms with Crippen LogP contribution in [-0.2, 0) is 9.63 Å². The minimum atomic E-state index is -0.162. The molecule has 0 fully saturated rings. The van der Waals surface area contributed by atoms with Crippen LogP contribution in [0.4, 0.5) is 0 Å². The van der Waals surface area contributed by atoms with Gasteiger partial charge in [0.15, 0.2) is 0 Å². The molecule has 0 atom stereocenters. The van der Waals surface area contributed by atoms with Crippen molar-refractivity contribution in [3.63, 3.8) is 0 Å². The second-order valence-corrected chi connectivity index (χ2v) is 2.42. The van der Waals surface area contributed by atoms with Crippen molar-refractivity contribution in [1.82, 2.24) is 5.06 Å². The van der Waals surface area contributed by atoms with Gasteiger partial charge in [0.2, 0.25) is 0 Å². The highest BCUT2D eigenvalue weighted by Crippen LogP contribution is 1.97. The van der Waals surface area contributed by atoms with Crippen molar-refractivity contribution in [2.75, 3.05) is 13.2 Å². The highest BCUT2D eigenvalue weighted by Gasteiger charge is 2.08. The summed E-state index contributed by atoms with van der Waals surface area (Å²) in [5, 5.41) is 1.36. The Morgan fingerprint density at radius 1 is 1.58 bits per heavy atom. The van der Waals surface area contributed by atoms with Gasteiger partial charge in [-0.05, 0) is 19.4 Å². The lowest BCUT2D eigenvalue weighted by molar-refractivity contribution is -0.179. The Labute approximate surface area is 74.0 Å². The van der Waals surface area contributed by atoms with E-state index >= 15 is 0 Å². The maximum atomic E-state index is 11.1. The predicted octanol–water partition coefficient (Wildman–Crippen LogP) is 1.75. The summed E-state index contributed by atoms with van der Waals surface area (Å²) in [4.78, 5) is 16.2. The van der Waals surface area contributed by atoms with Crippen molar-refractivity contribution >= 4 is 5.91 Å². The largest absolute Gasteiger partial charge is 0.271 e. The molecule has 0 aliphatic rings. The Hall–Kier alpha value is -0.830. The van der Waals surface area contributed by atoms with Crippen molar-refractivity contribution in [3.05, 3.63) is 12.7 Å². The van der Waals surface area contributed by atoms with Crippen LogP contribution in [0.5, 0.6) is 0 Å². The molecule has 0 unspecified atom stereocenters. The van der Waals surface area contributed by atoms with E-state index in [9.17, 15) is 4.79 Å². The number of carbonyl (C=O) groups is 1. The number of amides is 1. The van der Waals surface area contributed by atoms with E-state index in [4.69, 9.17) is 4.84 Å². The summed E-state index contributed by atoms with van der Waals surface area (Å²) in [7, 11) is 0. The molecule has 3 heteroatoms. The molecule has 0 aliphatic carbocycles. The van der Waals surface area contributed by atoms with E-state index in [1.165, 1.54) is 11.1 Å². The van der Waals surface area contributed by atoms with E-state index in [0.29, 0.717) is 13.2 Å². The topological polar surface area (TPSA) is 29.5 Å². The molecule has 0 rings (SSSR count). The van der Waals surface area contributed by atoms with Gasteiger partial charge in [-0.3, -0.25) is 9.63 Å². The van der Waals surface area contributed by atoms with Gasteiger partial charge >= 0.3 is 0 Å². The molecule has 3 nitrogen and oxygen atoms in total. The number of hydroxylamine groups is 2. The summed E-state index contributed by atoms with van der Waals surface area (Å²) in [5.41, 5.74) is 0. The fourth-order valence-corrected chi connectivity index (χ4v) is 0.798. The van der Waals surface area contributed by atoms with Crippen LogP contribution >= 0.6 is 0 Å². The van der Waals surface area contributed by atoms with E-state index in [-0.39, 0.29) is 5.91 Å². The molecule has 0 aromatic heterocycles. The summed E-state index contributed by atoms with van der Waals surface area (Å²) in [6.07, 6.45) is 3.28. The number of hydrogen-bond acceptors (Lipinski definition) is 2. The highest BCUT2D eigenvalue weighted by molar-refractivity contribution is 5.86. The molecule has 0 N–H and O–H groups in total. The molecule has 0 spiro atoms. The Balaban J connectivity index is 3.84. The first-order valence-corrected chi connectivity index (χ1v) is 4.33. The van der Waals surface area contributed by atoms with E-state index in [1.807, 2.05) is 6.92 Å². The third-order valence-corrected chi connectivity index (χ3v) is 1.42. The van der Waals surface area contributed by atoms with Gasteiger partial charge < -0.3 is 0 Å². The molecule has 70 valence electrons. The number of rotatable bonds is 6. The summed E-state index contributed by atoms with van der Waals surface area (Å²) in [6, 6.07) is 0.